The molecule has 0 saturated heterocycles. The minimum absolute atomic E-state index is 0.168. The monoisotopic (exact) mass is 419 g/mol. The molecule has 3 aromatic heterocycles. The van der Waals surface area contributed by atoms with E-state index in [4.69, 9.17) is 10.5 Å². The fraction of sp³-hybridized carbons (Fsp3) is 0.273. The SMILES string of the molecule is CCCCOc1nc(N)c2nc(O)n(Cc3cccc(CNc4ccccn4)c3)c2n1. The number of imidazole rings is 1. The molecule has 0 fully saturated rings. The van der Waals surface area contributed by atoms with Crippen molar-refractivity contribution in [2.24, 2.45) is 0 Å². The zero-order valence-electron chi connectivity index (χ0n) is 17.3. The zero-order valence-corrected chi connectivity index (χ0v) is 17.3. The van der Waals surface area contributed by atoms with Crippen molar-refractivity contribution in [3.63, 3.8) is 0 Å². The number of anilines is 2. The van der Waals surface area contributed by atoms with Crippen LogP contribution in [0.5, 0.6) is 12.0 Å². The number of rotatable bonds is 9. The van der Waals surface area contributed by atoms with E-state index in [1.807, 2.05) is 36.4 Å². The van der Waals surface area contributed by atoms with Crippen molar-refractivity contribution in [1.82, 2.24) is 24.5 Å². The Bertz CT molecular complexity index is 1160. The quantitative estimate of drug-likeness (QED) is 0.353. The lowest BCUT2D eigenvalue weighted by molar-refractivity contribution is 0.286. The largest absolute Gasteiger partial charge is 0.480 e. The Morgan fingerprint density at radius 3 is 2.77 bits per heavy atom. The summed E-state index contributed by atoms with van der Waals surface area (Å²) < 4.78 is 7.21. The molecule has 1 aromatic carbocycles. The molecule has 0 aliphatic carbocycles. The van der Waals surface area contributed by atoms with E-state index in [0.717, 1.165) is 29.8 Å². The second-order valence-corrected chi connectivity index (χ2v) is 7.15. The van der Waals surface area contributed by atoms with Crippen LogP contribution in [0.2, 0.25) is 0 Å². The van der Waals surface area contributed by atoms with Crippen LogP contribution in [-0.4, -0.2) is 36.2 Å². The number of nitrogens with one attached hydrogen (secondary N) is 1. The van der Waals surface area contributed by atoms with E-state index in [0.29, 0.717) is 30.9 Å². The standard InChI is InChI=1S/C22H25N7O2/c1-2-3-11-31-21-27-19(23)18-20(28-21)29(22(30)26-18)14-16-8-6-7-15(12-16)13-25-17-9-4-5-10-24-17/h4-10,12H,2-3,11,13-14H2,1H3,(H,24,25)(H,26,30)(H2,23,27,28). The van der Waals surface area contributed by atoms with Gasteiger partial charge in [-0.15, -0.1) is 0 Å². The Morgan fingerprint density at radius 2 is 1.97 bits per heavy atom. The van der Waals surface area contributed by atoms with Crippen molar-refractivity contribution in [2.45, 2.75) is 32.9 Å². The fourth-order valence-corrected chi connectivity index (χ4v) is 3.19. The van der Waals surface area contributed by atoms with Crippen LogP contribution < -0.4 is 15.8 Å². The van der Waals surface area contributed by atoms with Crippen molar-refractivity contribution in [1.29, 1.82) is 0 Å². The third-order valence-corrected chi connectivity index (χ3v) is 4.78. The van der Waals surface area contributed by atoms with Crippen molar-refractivity contribution < 1.29 is 9.84 Å². The highest BCUT2D eigenvalue weighted by molar-refractivity contribution is 5.83. The molecule has 0 radical (unpaired) electrons. The zero-order chi connectivity index (χ0) is 21.6. The number of nitrogens with zero attached hydrogens (tertiary/aromatic N) is 5. The van der Waals surface area contributed by atoms with Gasteiger partial charge in [0.1, 0.15) is 5.82 Å². The van der Waals surface area contributed by atoms with Crippen LogP contribution in [-0.2, 0) is 13.1 Å². The lowest BCUT2D eigenvalue weighted by Crippen LogP contribution is -2.06. The van der Waals surface area contributed by atoms with Gasteiger partial charge in [-0.1, -0.05) is 43.7 Å². The second-order valence-electron chi connectivity index (χ2n) is 7.15. The highest BCUT2D eigenvalue weighted by Gasteiger charge is 2.17. The average molecular weight is 419 g/mol. The molecular formula is C22H25N7O2. The number of unbranched alkanes of at least 4 members (excludes halogenated alkanes) is 1. The Labute approximate surface area is 180 Å². The van der Waals surface area contributed by atoms with Gasteiger partial charge in [-0.2, -0.15) is 15.0 Å². The van der Waals surface area contributed by atoms with Gasteiger partial charge in [-0.05, 0) is 29.7 Å². The molecule has 4 aromatic rings. The van der Waals surface area contributed by atoms with Crippen molar-refractivity contribution in [3.05, 3.63) is 59.8 Å². The van der Waals surface area contributed by atoms with Crippen LogP contribution in [0.15, 0.2) is 48.7 Å². The molecule has 31 heavy (non-hydrogen) atoms. The van der Waals surface area contributed by atoms with E-state index >= 15 is 0 Å². The number of nitrogens with two attached hydrogens (primary N) is 1. The number of aromatic nitrogens is 5. The van der Waals surface area contributed by atoms with Crippen molar-refractivity contribution in [3.8, 4) is 12.0 Å². The topological polar surface area (TPSA) is 124 Å². The van der Waals surface area contributed by atoms with E-state index in [1.165, 1.54) is 0 Å². The lowest BCUT2D eigenvalue weighted by atomic mass is 10.1. The molecule has 4 rings (SSSR count). The van der Waals surface area contributed by atoms with Gasteiger partial charge < -0.3 is 20.9 Å². The lowest BCUT2D eigenvalue weighted by Gasteiger charge is -2.10. The van der Waals surface area contributed by atoms with Gasteiger partial charge in [0.15, 0.2) is 17.0 Å². The summed E-state index contributed by atoms with van der Waals surface area (Å²) in [5.41, 5.74) is 8.89. The maximum Gasteiger partial charge on any atom is 0.320 e. The molecule has 4 N–H and O–H groups in total. The molecule has 9 nitrogen and oxygen atoms in total. The average Bonchev–Trinajstić information content (AvgIpc) is 3.09. The highest BCUT2D eigenvalue weighted by atomic mass is 16.5. The summed E-state index contributed by atoms with van der Waals surface area (Å²) in [6.07, 6.45) is 3.65. The molecule has 0 aliphatic heterocycles. The summed E-state index contributed by atoms with van der Waals surface area (Å²) in [7, 11) is 0. The number of aromatic hydroxyl groups is 1. The number of hydrogen-bond acceptors (Lipinski definition) is 8. The number of benzene rings is 1. The Hall–Kier alpha value is -3.88. The summed E-state index contributed by atoms with van der Waals surface area (Å²) in [6, 6.07) is 13.8. The number of fused-ring (bicyclic) bond motifs is 1. The number of nitrogen functional groups attached to an aromatic ring is 1. The molecule has 0 atom stereocenters. The minimum Gasteiger partial charge on any atom is -0.480 e. The predicted molar refractivity (Wildman–Crippen MR) is 119 cm³/mol. The van der Waals surface area contributed by atoms with Gasteiger partial charge in [0.05, 0.1) is 13.2 Å². The van der Waals surface area contributed by atoms with Gasteiger partial charge >= 0.3 is 6.01 Å². The number of ether oxygens (including phenoxy) is 1. The second kappa shape index (κ2) is 9.29. The maximum absolute atomic E-state index is 10.4. The molecule has 9 heteroatoms. The summed E-state index contributed by atoms with van der Waals surface area (Å²) in [4.78, 5) is 17.0. The first kappa shape index (κ1) is 20.4. The summed E-state index contributed by atoms with van der Waals surface area (Å²) in [6.45, 7) is 3.60. The minimum atomic E-state index is -0.168. The van der Waals surface area contributed by atoms with Crippen LogP contribution in [0.25, 0.3) is 11.2 Å². The molecule has 160 valence electrons. The van der Waals surface area contributed by atoms with Crippen LogP contribution in [0, 0.1) is 0 Å². The van der Waals surface area contributed by atoms with Crippen molar-refractivity contribution >= 4 is 22.8 Å². The molecule has 0 bridgehead atoms. The van der Waals surface area contributed by atoms with Crippen LogP contribution >= 0.6 is 0 Å². The number of pyridine rings is 1. The summed E-state index contributed by atoms with van der Waals surface area (Å²) in [5.74, 6) is 0.993. The van der Waals surface area contributed by atoms with Crippen LogP contribution in [0.4, 0.5) is 11.6 Å². The molecule has 0 unspecified atom stereocenters. The molecule has 3 heterocycles. The van der Waals surface area contributed by atoms with Gasteiger partial charge in [-0.25, -0.2) is 4.98 Å². The van der Waals surface area contributed by atoms with Gasteiger partial charge in [0.25, 0.3) is 6.01 Å². The van der Waals surface area contributed by atoms with E-state index in [9.17, 15) is 5.11 Å². The Balaban J connectivity index is 1.55. The summed E-state index contributed by atoms with van der Waals surface area (Å²) >= 11 is 0. The van der Waals surface area contributed by atoms with Crippen molar-refractivity contribution in [2.75, 3.05) is 17.7 Å². The molecule has 0 aliphatic rings. The Kier molecular flexibility index (Phi) is 6.11. The van der Waals surface area contributed by atoms with Gasteiger partial charge in [0, 0.05) is 12.7 Å². The highest BCUT2D eigenvalue weighted by Crippen LogP contribution is 2.26. The van der Waals surface area contributed by atoms with E-state index in [1.54, 1.807) is 10.8 Å². The van der Waals surface area contributed by atoms with E-state index in [2.05, 4.69) is 38.2 Å². The van der Waals surface area contributed by atoms with Gasteiger partial charge in [0.2, 0.25) is 0 Å². The molecular weight excluding hydrogens is 394 g/mol. The first-order chi connectivity index (χ1) is 15.1. The summed E-state index contributed by atoms with van der Waals surface area (Å²) in [5, 5.41) is 13.7. The third-order valence-electron chi connectivity index (χ3n) is 4.78. The van der Waals surface area contributed by atoms with Gasteiger partial charge in [-0.3, -0.25) is 4.57 Å². The third kappa shape index (κ3) is 4.82. The first-order valence-corrected chi connectivity index (χ1v) is 10.2. The van der Waals surface area contributed by atoms with E-state index in [-0.39, 0.29) is 17.8 Å². The predicted octanol–water partition coefficient (Wildman–Crippen LogP) is 3.35. The Morgan fingerprint density at radius 1 is 1.10 bits per heavy atom. The van der Waals surface area contributed by atoms with E-state index < -0.39 is 0 Å². The fourth-order valence-electron chi connectivity index (χ4n) is 3.19. The number of hydrogen-bond donors (Lipinski definition) is 3. The van der Waals surface area contributed by atoms with Crippen LogP contribution in [0.1, 0.15) is 30.9 Å². The molecule has 0 spiro atoms. The molecule has 0 saturated carbocycles. The smallest absolute Gasteiger partial charge is 0.320 e. The maximum atomic E-state index is 10.4. The first-order valence-electron chi connectivity index (χ1n) is 10.2. The molecule has 0 amide bonds. The van der Waals surface area contributed by atoms with Crippen LogP contribution in [0.3, 0.4) is 0 Å². The normalized spacial score (nSPS) is 11.0.